The van der Waals surface area contributed by atoms with Crippen LogP contribution in [0.25, 0.3) is 11.0 Å². The van der Waals surface area contributed by atoms with Crippen molar-refractivity contribution in [1.29, 1.82) is 5.41 Å². The van der Waals surface area contributed by atoms with Crippen LogP contribution in [0.3, 0.4) is 0 Å². The van der Waals surface area contributed by atoms with Gasteiger partial charge in [0.05, 0.1) is 0 Å². The topological polar surface area (TPSA) is 132 Å². The van der Waals surface area contributed by atoms with Gasteiger partial charge in [0.2, 0.25) is 5.96 Å². The number of hydrogen-bond acceptors (Lipinski definition) is 6. The van der Waals surface area contributed by atoms with Gasteiger partial charge in [-0.15, -0.1) is 0 Å². The second-order valence-corrected chi connectivity index (χ2v) is 5.74. The SMILES string of the molecule is CCCN(NC(=N)N)c1n[nH]c2ncnc(Nc3cccc(Cl)c3)c12. The molecule has 0 spiro atoms. The van der Waals surface area contributed by atoms with Crippen LogP contribution in [0, 0.1) is 5.41 Å². The third-order valence-corrected chi connectivity index (χ3v) is 3.62. The number of aromatic amines is 1. The molecule has 0 radical (unpaired) electrons. The molecule has 0 saturated carbocycles. The molecule has 2 aromatic heterocycles. The predicted molar refractivity (Wildman–Crippen MR) is 99.1 cm³/mol. The van der Waals surface area contributed by atoms with Gasteiger partial charge >= 0.3 is 0 Å². The zero-order valence-corrected chi connectivity index (χ0v) is 14.3. The number of hydrazine groups is 1. The van der Waals surface area contributed by atoms with E-state index < -0.39 is 0 Å². The summed E-state index contributed by atoms with van der Waals surface area (Å²) in [5.74, 6) is 0.949. The maximum Gasteiger partial charge on any atom is 0.205 e. The number of halogens is 1. The summed E-state index contributed by atoms with van der Waals surface area (Å²) in [6.45, 7) is 2.62. The van der Waals surface area contributed by atoms with Gasteiger partial charge in [-0.1, -0.05) is 24.6 Å². The van der Waals surface area contributed by atoms with Crippen molar-refractivity contribution in [2.24, 2.45) is 5.73 Å². The Labute approximate surface area is 149 Å². The van der Waals surface area contributed by atoms with Gasteiger partial charge < -0.3 is 11.1 Å². The molecule has 10 heteroatoms. The molecule has 9 nitrogen and oxygen atoms in total. The molecule has 0 aliphatic rings. The molecule has 0 unspecified atom stereocenters. The molecule has 3 aromatic rings. The van der Waals surface area contributed by atoms with Crippen molar-refractivity contribution in [1.82, 2.24) is 25.6 Å². The smallest absolute Gasteiger partial charge is 0.205 e. The summed E-state index contributed by atoms with van der Waals surface area (Å²) in [7, 11) is 0. The second-order valence-electron chi connectivity index (χ2n) is 5.31. The lowest BCUT2D eigenvalue weighted by atomic mass is 10.3. The number of rotatable bonds is 6. The van der Waals surface area contributed by atoms with Gasteiger partial charge in [0, 0.05) is 17.3 Å². The minimum absolute atomic E-state index is 0.175. The Morgan fingerprint density at radius 2 is 2.24 bits per heavy atom. The number of nitrogens with two attached hydrogens (primary N) is 1. The van der Waals surface area contributed by atoms with Crippen LogP contribution in [0.15, 0.2) is 30.6 Å². The van der Waals surface area contributed by atoms with E-state index in [1.165, 1.54) is 6.33 Å². The number of anilines is 3. The molecule has 130 valence electrons. The molecule has 1 aromatic carbocycles. The first kappa shape index (κ1) is 16.8. The Bertz CT molecular complexity index is 892. The van der Waals surface area contributed by atoms with Crippen LogP contribution in [-0.2, 0) is 0 Å². The summed E-state index contributed by atoms with van der Waals surface area (Å²) < 4.78 is 0. The zero-order chi connectivity index (χ0) is 17.8. The van der Waals surface area contributed by atoms with E-state index in [1.54, 1.807) is 17.1 Å². The van der Waals surface area contributed by atoms with Crippen molar-refractivity contribution in [2.75, 3.05) is 16.9 Å². The lowest BCUT2D eigenvalue weighted by Gasteiger charge is -2.23. The molecular formula is C15H18ClN9. The molecule has 0 amide bonds. The Balaban J connectivity index is 2.04. The molecule has 25 heavy (non-hydrogen) atoms. The van der Waals surface area contributed by atoms with E-state index in [2.05, 4.69) is 30.9 Å². The third kappa shape index (κ3) is 3.72. The fraction of sp³-hybridized carbons (Fsp3) is 0.200. The van der Waals surface area contributed by atoms with E-state index in [1.807, 2.05) is 19.1 Å². The number of aromatic nitrogens is 4. The lowest BCUT2D eigenvalue weighted by Crippen LogP contribution is -2.46. The lowest BCUT2D eigenvalue weighted by molar-refractivity contribution is 0.719. The number of nitrogens with zero attached hydrogens (tertiary/aromatic N) is 4. The molecule has 0 aliphatic carbocycles. The number of guanidine groups is 1. The molecule has 6 N–H and O–H groups in total. The fourth-order valence-electron chi connectivity index (χ4n) is 2.42. The highest BCUT2D eigenvalue weighted by Gasteiger charge is 2.19. The van der Waals surface area contributed by atoms with Gasteiger partial charge in [0.1, 0.15) is 17.5 Å². The van der Waals surface area contributed by atoms with E-state index >= 15 is 0 Å². The zero-order valence-electron chi connectivity index (χ0n) is 13.5. The molecule has 0 atom stereocenters. The molecule has 0 fully saturated rings. The van der Waals surface area contributed by atoms with Crippen LogP contribution in [0.1, 0.15) is 13.3 Å². The summed E-state index contributed by atoms with van der Waals surface area (Å²) in [5.41, 5.74) is 9.63. The van der Waals surface area contributed by atoms with Crippen LogP contribution in [0.5, 0.6) is 0 Å². The van der Waals surface area contributed by atoms with E-state index in [4.69, 9.17) is 22.7 Å². The largest absolute Gasteiger partial charge is 0.369 e. The minimum Gasteiger partial charge on any atom is -0.369 e. The molecule has 0 saturated heterocycles. The van der Waals surface area contributed by atoms with Crippen LogP contribution in [-0.4, -0.2) is 32.7 Å². The highest BCUT2D eigenvalue weighted by Crippen LogP contribution is 2.30. The first-order chi connectivity index (χ1) is 12.1. The second kappa shape index (κ2) is 7.22. The summed E-state index contributed by atoms with van der Waals surface area (Å²) in [6.07, 6.45) is 2.28. The summed E-state index contributed by atoms with van der Waals surface area (Å²) in [6, 6.07) is 7.33. The maximum atomic E-state index is 7.50. The Morgan fingerprint density at radius 3 is 2.96 bits per heavy atom. The summed E-state index contributed by atoms with van der Waals surface area (Å²) >= 11 is 6.04. The number of hydrogen-bond donors (Lipinski definition) is 5. The van der Waals surface area contributed by atoms with Crippen molar-refractivity contribution < 1.29 is 0 Å². The standard InChI is InChI=1S/C15H18ClN9/c1-2-6-25(24-15(17)18)14-11-12(19-8-20-13(11)22-23-14)21-10-5-3-4-9(16)7-10/h3-5,7-8H,2,6H2,1H3,(H4,17,18,24)(H2,19,20,21,22,23). The molecule has 0 bridgehead atoms. The van der Waals surface area contributed by atoms with Crippen molar-refractivity contribution in [3.05, 3.63) is 35.6 Å². The predicted octanol–water partition coefficient (Wildman–Crippen LogP) is 2.36. The number of nitrogens with one attached hydrogen (secondary N) is 4. The minimum atomic E-state index is -0.175. The van der Waals surface area contributed by atoms with Crippen molar-refractivity contribution in [2.45, 2.75) is 13.3 Å². The van der Waals surface area contributed by atoms with Gasteiger partial charge in [-0.3, -0.25) is 20.9 Å². The quantitative estimate of drug-likeness (QED) is 0.259. The highest BCUT2D eigenvalue weighted by atomic mass is 35.5. The van der Waals surface area contributed by atoms with E-state index in [-0.39, 0.29) is 5.96 Å². The third-order valence-electron chi connectivity index (χ3n) is 3.38. The molecule has 2 heterocycles. The first-order valence-corrected chi connectivity index (χ1v) is 8.06. The molecule has 3 rings (SSSR count). The average Bonchev–Trinajstić information content (AvgIpc) is 2.99. The number of fused-ring (bicyclic) bond motifs is 1. The Hall–Kier alpha value is -3.07. The van der Waals surface area contributed by atoms with Crippen LogP contribution in [0.4, 0.5) is 17.3 Å². The van der Waals surface area contributed by atoms with Crippen LogP contribution in [0.2, 0.25) is 5.02 Å². The van der Waals surface area contributed by atoms with Crippen molar-refractivity contribution in [3.63, 3.8) is 0 Å². The summed E-state index contributed by atoms with van der Waals surface area (Å²) in [5, 5.41) is 20.9. The summed E-state index contributed by atoms with van der Waals surface area (Å²) in [4.78, 5) is 8.53. The van der Waals surface area contributed by atoms with E-state index in [0.717, 1.165) is 12.1 Å². The Kier molecular flexibility index (Phi) is 4.85. The average molecular weight is 360 g/mol. The first-order valence-electron chi connectivity index (χ1n) is 7.68. The number of benzene rings is 1. The van der Waals surface area contributed by atoms with Crippen LogP contribution >= 0.6 is 11.6 Å². The van der Waals surface area contributed by atoms with E-state index in [9.17, 15) is 0 Å². The van der Waals surface area contributed by atoms with Crippen molar-refractivity contribution in [3.8, 4) is 0 Å². The molecular weight excluding hydrogens is 342 g/mol. The van der Waals surface area contributed by atoms with Gasteiger partial charge in [-0.05, 0) is 24.6 Å². The highest BCUT2D eigenvalue weighted by molar-refractivity contribution is 6.30. The number of H-pyrrole nitrogens is 1. The monoisotopic (exact) mass is 359 g/mol. The fourth-order valence-corrected chi connectivity index (χ4v) is 2.61. The van der Waals surface area contributed by atoms with Gasteiger partial charge in [-0.2, -0.15) is 5.10 Å². The van der Waals surface area contributed by atoms with Crippen LogP contribution < -0.4 is 21.5 Å². The van der Waals surface area contributed by atoms with Gasteiger partial charge in [0.15, 0.2) is 11.5 Å². The normalized spacial score (nSPS) is 10.6. The van der Waals surface area contributed by atoms with E-state index in [0.29, 0.717) is 34.2 Å². The molecule has 0 aliphatic heterocycles. The van der Waals surface area contributed by atoms with Gasteiger partial charge in [0.25, 0.3) is 0 Å². The van der Waals surface area contributed by atoms with Crippen molar-refractivity contribution >= 4 is 45.9 Å². The van der Waals surface area contributed by atoms with Gasteiger partial charge in [-0.25, -0.2) is 9.97 Å². The Morgan fingerprint density at radius 1 is 1.40 bits per heavy atom. The maximum absolute atomic E-state index is 7.50.